The van der Waals surface area contributed by atoms with Crippen molar-refractivity contribution in [3.8, 4) is 0 Å². The van der Waals surface area contributed by atoms with Gasteiger partial charge in [0.2, 0.25) is 0 Å². The molecule has 0 spiro atoms. The first-order chi connectivity index (χ1) is 4.72. The van der Waals surface area contributed by atoms with E-state index < -0.39 is 12.2 Å². The van der Waals surface area contributed by atoms with Crippen molar-refractivity contribution >= 4 is 0 Å². The first-order valence-electron chi connectivity index (χ1n) is 3.30. The molecule has 0 heterocycles. The van der Waals surface area contributed by atoms with Crippen LogP contribution in [0.5, 0.6) is 0 Å². The molecule has 0 aromatic heterocycles. The number of aliphatic hydroxyl groups is 4. The minimum Gasteiger partial charge on any atom is -0.412 e. The highest BCUT2D eigenvalue weighted by Gasteiger charge is 2.13. The highest BCUT2D eigenvalue weighted by atomic mass is 16.3. The smallest absolute Gasteiger partial charge is 0.0821 e. The van der Waals surface area contributed by atoms with Crippen LogP contribution in [0, 0.1) is 0 Å². The predicted octanol–water partition coefficient (Wildman–Crippen LogP) is -2.35. The van der Waals surface area contributed by atoms with Crippen molar-refractivity contribution < 1.29 is 25.9 Å². The Morgan fingerprint density at radius 3 is 1.27 bits per heavy atom. The van der Waals surface area contributed by atoms with E-state index >= 15 is 0 Å². The summed E-state index contributed by atoms with van der Waals surface area (Å²) in [5, 5.41) is 34.5. The molecule has 0 aliphatic carbocycles. The van der Waals surface area contributed by atoms with Crippen LogP contribution < -0.4 is 0 Å². The molecule has 0 amide bonds. The van der Waals surface area contributed by atoms with Gasteiger partial charge in [-0.15, -0.1) is 0 Å². The molecular formula is C6H16O5. The van der Waals surface area contributed by atoms with Crippen molar-refractivity contribution in [2.24, 2.45) is 0 Å². The fourth-order valence-electron chi connectivity index (χ4n) is 0.649. The van der Waals surface area contributed by atoms with E-state index in [2.05, 4.69) is 0 Å². The third kappa shape index (κ3) is 6.21. The Labute approximate surface area is 65.2 Å². The molecule has 0 aromatic carbocycles. The van der Waals surface area contributed by atoms with Crippen molar-refractivity contribution in [2.75, 3.05) is 13.2 Å². The van der Waals surface area contributed by atoms with Gasteiger partial charge >= 0.3 is 0 Å². The van der Waals surface area contributed by atoms with E-state index in [1.165, 1.54) is 0 Å². The van der Waals surface area contributed by atoms with Gasteiger partial charge in [-0.05, 0) is 12.8 Å². The number of rotatable bonds is 5. The molecule has 5 nitrogen and oxygen atoms in total. The second-order valence-corrected chi connectivity index (χ2v) is 2.16. The molecule has 0 bridgehead atoms. The molecule has 5 heteroatoms. The Kier molecular flexibility index (Phi) is 9.62. The first-order valence-corrected chi connectivity index (χ1v) is 3.30. The topological polar surface area (TPSA) is 112 Å². The van der Waals surface area contributed by atoms with Gasteiger partial charge in [0, 0.05) is 13.2 Å². The second-order valence-electron chi connectivity index (χ2n) is 2.16. The molecule has 6 N–H and O–H groups in total. The van der Waals surface area contributed by atoms with Gasteiger partial charge in [0.25, 0.3) is 0 Å². The third-order valence-electron chi connectivity index (χ3n) is 1.29. The SMILES string of the molecule is O.OCC[C@@H](O)[C@H](O)CCO. The average Bonchev–Trinajstić information content (AvgIpc) is 1.89. The molecule has 0 fully saturated rings. The quantitative estimate of drug-likeness (QED) is 0.368. The molecular weight excluding hydrogens is 152 g/mol. The second kappa shape index (κ2) is 7.90. The van der Waals surface area contributed by atoms with Gasteiger partial charge in [-0.3, -0.25) is 0 Å². The largest absolute Gasteiger partial charge is 0.412 e. The maximum absolute atomic E-state index is 8.93. The summed E-state index contributed by atoms with van der Waals surface area (Å²) in [5.41, 5.74) is 0. The zero-order valence-corrected chi connectivity index (χ0v) is 6.27. The van der Waals surface area contributed by atoms with Gasteiger partial charge in [0.15, 0.2) is 0 Å². The van der Waals surface area contributed by atoms with Crippen molar-refractivity contribution in [1.29, 1.82) is 0 Å². The molecule has 0 radical (unpaired) electrons. The summed E-state index contributed by atoms with van der Waals surface area (Å²) < 4.78 is 0. The lowest BCUT2D eigenvalue weighted by Crippen LogP contribution is -2.27. The molecule has 0 aliphatic rings. The summed E-state index contributed by atoms with van der Waals surface area (Å²) in [6.45, 7) is -0.298. The minimum absolute atomic E-state index is 0. The lowest BCUT2D eigenvalue weighted by molar-refractivity contribution is -0.00668. The lowest BCUT2D eigenvalue weighted by atomic mass is 10.1. The van der Waals surface area contributed by atoms with E-state index in [0.29, 0.717) is 0 Å². The van der Waals surface area contributed by atoms with E-state index in [4.69, 9.17) is 20.4 Å². The normalized spacial score (nSPS) is 15.3. The molecule has 0 aromatic rings. The maximum Gasteiger partial charge on any atom is 0.0821 e. The van der Waals surface area contributed by atoms with Crippen LogP contribution in [0.4, 0.5) is 0 Å². The van der Waals surface area contributed by atoms with E-state index in [1.807, 2.05) is 0 Å². The lowest BCUT2D eigenvalue weighted by Gasteiger charge is -2.14. The fraction of sp³-hybridized carbons (Fsp3) is 1.00. The van der Waals surface area contributed by atoms with Crippen LogP contribution in [0.1, 0.15) is 12.8 Å². The summed E-state index contributed by atoms with van der Waals surface area (Å²) in [6, 6.07) is 0. The van der Waals surface area contributed by atoms with E-state index in [-0.39, 0.29) is 31.5 Å². The molecule has 0 saturated carbocycles. The van der Waals surface area contributed by atoms with E-state index in [9.17, 15) is 0 Å². The van der Waals surface area contributed by atoms with E-state index in [1.54, 1.807) is 0 Å². The summed E-state index contributed by atoms with van der Waals surface area (Å²) >= 11 is 0. The Hall–Kier alpha value is -0.200. The summed E-state index contributed by atoms with van der Waals surface area (Å²) in [7, 11) is 0. The molecule has 70 valence electrons. The van der Waals surface area contributed by atoms with Crippen LogP contribution >= 0.6 is 0 Å². The van der Waals surface area contributed by atoms with Crippen LogP contribution in [0.3, 0.4) is 0 Å². The Balaban J connectivity index is 0. The van der Waals surface area contributed by atoms with Crippen LogP contribution in [-0.2, 0) is 0 Å². The average molecular weight is 168 g/mol. The minimum atomic E-state index is -0.919. The summed E-state index contributed by atoms with van der Waals surface area (Å²) in [4.78, 5) is 0. The molecule has 0 saturated heterocycles. The molecule has 0 rings (SSSR count). The number of aliphatic hydroxyl groups excluding tert-OH is 4. The van der Waals surface area contributed by atoms with Crippen LogP contribution in [0.15, 0.2) is 0 Å². The van der Waals surface area contributed by atoms with Gasteiger partial charge in [-0.25, -0.2) is 0 Å². The number of hydrogen-bond donors (Lipinski definition) is 4. The highest BCUT2D eigenvalue weighted by molar-refractivity contribution is 4.65. The Morgan fingerprint density at radius 2 is 1.09 bits per heavy atom. The number of hydrogen-bond acceptors (Lipinski definition) is 4. The van der Waals surface area contributed by atoms with Crippen LogP contribution in [0.2, 0.25) is 0 Å². The fourth-order valence-corrected chi connectivity index (χ4v) is 0.649. The molecule has 0 aliphatic heterocycles. The third-order valence-corrected chi connectivity index (χ3v) is 1.29. The highest BCUT2D eigenvalue weighted by Crippen LogP contribution is 2.01. The van der Waals surface area contributed by atoms with Gasteiger partial charge in [0.05, 0.1) is 12.2 Å². The summed E-state index contributed by atoms with van der Waals surface area (Å²) in [5.74, 6) is 0. The maximum atomic E-state index is 8.93. The van der Waals surface area contributed by atoms with Crippen molar-refractivity contribution in [2.45, 2.75) is 25.0 Å². The van der Waals surface area contributed by atoms with Crippen molar-refractivity contribution in [1.82, 2.24) is 0 Å². The zero-order chi connectivity index (χ0) is 7.98. The van der Waals surface area contributed by atoms with Crippen molar-refractivity contribution in [3.05, 3.63) is 0 Å². The zero-order valence-electron chi connectivity index (χ0n) is 6.27. The Bertz CT molecular complexity index is 67.4. The van der Waals surface area contributed by atoms with Crippen molar-refractivity contribution in [3.63, 3.8) is 0 Å². The monoisotopic (exact) mass is 168 g/mol. The molecule has 0 unspecified atom stereocenters. The van der Waals surface area contributed by atoms with Crippen LogP contribution in [-0.4, -0.2) is 51.3 Å². The van der Waals surface area contributed by atoms with Gasteiger partial charge < -0.3 is 25.9 Å². The van der Waals surface area contributed by atoms with Crippen LogP contribution in [0.25, 0.3) is 0 Å². The Morgan fingerprint density at radius 1 is 0.818 bits per heavy atom. The summed E-state index contributed by atoms with van der Waals surface area (Å²) in [6.07, 6.45) is -1.53. The first kappa shape index (κ1) is 13.4. The predicted molar refractivity (Wildman–Crippen MR) is 39.0 cm³/mol. The van der Waals surface area contributed by atoms with Gasteiger partial charge in [-0.2, -0.15) is 0 Å². The standard InChI is InChI=1S/C6H14O4.H2O/c7-3-1-5(9)6(10)2-4-8;/h5-10H,1-4H2;1H2/t5-,6-;/m1./s1. The van der Waals surface area contributed by atoms with Gasteiger partial charge in [0.1, 0.15) is 0 Å². The van der Waals surface area contributed by atoms with Gasteiger partial charge in [-0.1, -0.05) is 0 Å². The molecule has 2 atom stereocenters. The van der Waals surface area contributed by atoms with E-state index in [0.717, 1.165) is 0 Å². The molecule has 11 heavy (non-hydrogen) atoms.